The third-order valence-corrected chi connectivity index (χ3v) is 2.01. The molecule has 0 unspecified atom stereocenters. The molecule has 0 aromatic carbocycles. The molecule has 1 heterocycles. The van der Waals surface area contributed by atoms with Crippen molar-refractivity contribution in [3.8, 4) is 0 Å². The first-order chi connectivity index (χ1) is 4.74. The van der Waals surface area contributed by atoms with Gasteiger partial charge in [0.05, 0.1) is 0 Å². The van der Waals surface area contributed by atoms with Crippen LogP contribution in [0, 0.1) is 0 Å². The van der Waals surface area contributed by atoms with E-state index in [1.807, 2.05) is 31.4 Å². The summed E-state index contributed by atoms with van der Waals surface area (Å²) in [6.45, 7) is 0. The Hall–Kier alpha value is -0.770. The van der Waals surface area contributed by atoms with Crippen LogP contribution in [0.25, 0.3) is 0 Å². The van der Waals surface area contributed by atoms with Crippen LogP contribution in [0.1, 0.15) is 0 Å². The highest BCUT2D eigenvalue weighted by atomic mass is 32.1. The predicted octanol–water partition coefficient (Wildman–Crippen LogP) is 1.25. The highest BCUT2D eigenvalue weighted by molar-refractivity contribution is 7.14. The van der Waals surface area contributed by atoms with E-state index < -0.39 is 0 Å². The van der Waals surface area contributed by atoms with E-state index >= 15 is 0 Å². The maximum Gasteiger partial charge on any atom is 0.184 e. The van der Waals surface area contributed by atoms with E-state index in [2.05, 4.69) is 10.3 Å². The average Bonchev–Trinajstić information content (AvgIpc) is 2.34. The zero-order valence-electron chi connectivity index (χ0n) is 6.38. The van der Waals surface area contributed by atoms with Crippen LogP contribution in [0.2, 0.25) is 0 Å². The molecule has 0 saturated carbocycles. The molecule has 3 nitrogen and oxygen atoms in total. The Balaban J connectivity index is 2.78. The Morgan fingerprint density at radius 1 is 1.60 bits per heavy atom. The van der Waals surface area contributed by atoms with Crippen LogP contribution >= 0.6 is 11.3 Å². The van der Waals surface area contributed by atoms with Crippen molar-refractivity contribution in [2.24, 2.45) is 0 Å². The number of aromatic nitrogens is 1. The SMILES string of the molecule is CNc1nc(N(C)C)cs1. The van der Waals surface area contributed by atoms with Gasteiger partial charge in [0.25, 0.3) is 0 Å². The summed E-state index contributed by atoms with van der Waals surface area (Å²) in [4.78, 5) is 6.25. The Labute approximate surface area is 64.7 Å². The molecule has 1 aromatic heterocycles. The van der Waals surface area contributed by atoms with Gasteiger partial charge in [-0.1, -0.05) is 0 Å². The van der Waals surface area contributed by atoms with Gasteiger partial charge in [-0.15, -0.1) is 11.3 Å². The fourth-order valence-electron chi connectivity index (χ4n) is 0.586. The summed E-state index contributed by atoms with van der Waals surface area (Å²) >= 11 is 1.61. The van der Waals surface area contributed by atoms with Crippen molar-refractivity contribution in [1.29, 1.82) is 0 Å². The van der Waals surface area contributed by atoms with E-state index in [9.17, 15) is 0 Å². The molecule has 1 N–H and O–H groups in total. The third-order valence-electron chi connectivity index (χ3n) is 1.16. The maximum absolute atomic E-state index is 4.26. The Morgan fingerprint density at radius 3 is 2.60 bits per heavy atom. The second-order valence-electron chi connectivity index (χ2n) is 2.16. The van der Waals surface area contributed by atoms with Gasteiger partial charge in [-0.25, -0.2) is 4.98 Å². The lowest BCUT2D eigenvalue weighted by Crippen LogP contribution is -2.08. The normalized spacial score (nSPS) is 9.50. The van der Waals surface area contributed by atoms with E-state index in [0.717, 1.165) is 10.9 Å². The van der Waals surface area contributed by atoms with Crippen LogP contribution in [0.3, 0.4) is 0 Å². The summed E-state index contributed by atoms with van der Waals surface area (Å²) in [5.74, 6) is 1.01. The summed E-state index contributed by atoms with van der Waals surface area (Å²) in [6.07, 6.45) is 0. The van der Waals surface area contributed by atoms with Crippen LogP contribution in [0.5, 0.6) is 0 Å². The number of nitrogens with zero attached hydrogens (tertiary/aromatic N) is 2. The molecule has 0 amide bonds. The molecule has 0 aliphatic rings. The number of nitrogens with one attached hydrogen (secondary N) is 1. The molecule has 0 aliphatic heterocycles. The summed E-state index contributed by atoms with van der Waals surface area (Å²) in [5.41, 5.74) is 0. The van der Waals surface area contributed by atoms with Gasteiger partial charge < -0.3 is 10.2 Å². The van der Waals surface area contributed by atoms with E-state index in [-0.39, 0.29) is 0 Å². The minimum atomic E-state index is 0.962. The van der Waals surface area contributed by atoms with E-state index in [0.29, 0.717) is 0 Å². The summed E-state index contributed by atoms with van der Waals surface area (Å²) in [5, 5.41) is 5.96. The largest absolute Gasteiger partial charge is 0.365 e. The molecule has 0 bridgehead atoms. The van der Waals surface area contributed by atoms with Gasteiger partial charge in [-0.2, -0.15) is 0 Å². The summed E-state index contributed by atoms with van der Waals surface area (Å²) in [6, 6.07) is 0. The van der Waals surface area contributed by atoms with Crippen molar-refractivity contribution < 1.29 is 0 Å². The lowest BCUT2D eigenvalue weighted by Gasteiger charge is -2.05. The highest BCUT2D eigenvalue weighted by Gasteiger charge is 1.99. The zero-order valence-corrected chi connectivity index (χ0v) is 7.20. The molecule has 56 valence electrons. The quantitative estimate of drug-likeness (QED) is 0.700. The minimum absolute atomic E-state index is 0.962. The van der Waals surface area contributed by atoms with Crippen molar-refractivity contribution in [2.45, 2.75) is 0 Å². The predicted molar refractivity (Wildman–Crippen MR) is 46.0 cm³/mol. The molecular weight excluding hydrogens is 146 g/mol. The first-order valence-electron chi connectivity index (χ1n) is 3.04. The molecule has 1 aromatic rings. The third kappa shape index (κ3) is 1.39. The lowest BCUT2D eigenvalue weighted by molar-refractivity contribution is 1.09. The van der Waals surface area contributed by atoms with Crippen molar-refractivity contribution in [3.63, 3.8) is 0 Å². The van der Waals surface area contributed by atoms with Gasteiger partial charge >= 0.3 is 0 Å². The van der Waals surface area contributed by atoms with Crippen LogP contribution in [-0.2, 0) is 0 Å². The van der Waals surface area contributed by atoms with Gasteiger partial charge in [0, 0.05) is 26.5 Å². The number of hydrogen-bond donors (Lipinski definition) is 1. The van der Waals surface area contributed by atoms with Gasteiger partial charge in [0.1, 0.15) is 5.82 Å². The van der Waals surface area contributed by atoms with Crippen LogP contribution in [-0.4, -0.2) is 26.1 Å². The second-order valence-corrected chi connectivity index (χ2v) is 3.01. The van der Waals surface area contributed by atoms with Gasteiger partial charge in [-0.3, -0.25) is 0 Å². The number of thiazole rings is 1. The molecule has 0 radical (unpaired) electrons. The molecule has 1 rings (SSSR count). The Kier molecular flexibility index (Phi) is 2.11. The van der Waals surface area contributed by atoms with Gasteiger partial charge in [0.2, 0.25) is 0 Å². The first-order valence-corrected chi connectivity index (χ1v) is 3.92. The molecule has 0 spiro atoms. The highest BCUT2D eigenvalue weighted by Crippen LogP contribution is 2.19. The molecular formula is C6H11N3S. The number of anilines is 2. The second kappa shape index (κ2) is 2.88. The molecule has 4 heteroatoms. The molecule has 0 saturated heterocycles. The van der Waals surface area contributed by atoms with Crippen molar-refractivity contribution in [2.75, 3.05) is 31.4 Å². The number of hydrogen-bond acceptors (Lipinski definition) is 4. The van der Waals surface area contributed by atoms with Crippen LogP contribution in [0.15, 0.2) is 5.38 Å². The van der Waals surface area contributed by atoms with Crippen molar-refractivity contribution in [3.05, 3.63) is 5.38 Å². The average molecular weight is 157 g/mol. The van der Waals surface area contributed by atoms with E-state index in [1.54, 1.807) is 11.3 Å². The molecule has 0 fully saturated rings. The van der Waals surface area contributed by atoms with Crippen LogP contribution < -0.4 is 10.2 Å². The van der Waals surface area contributed by atoms with E-state index in [1.165, 1.54) is 0 Å². The first kappa shape index (κ1) is 7.34. The zero-order chi connectivity index (χ0) is 7.56. The summed E-state index contributed by atoms with van der Waals surface area (Å²) in [7, 11) is 5.83. The molecule has 10 heavy (non-hydrogen) atoms. The Bertz CT molecular complexity index is 207. The van der Waals surface area contributed by atoms with Gasteiger partial charge in [-0.05, 0) is 0 Å². The Morgan fingerprint density at radius 2 is 2.30 bits per heavy atom. The fourth-order valence-corrected chi connectivity index (χ4v) is 1.33. The monoisotopic (exact) mass is 157 g/mol. The summed E-state index contributed by atoms with van der Waals surface area (Å²) < 4.78 is 0. The minimum Gasteiger partial charge on any atom is -0.365 e. The standard InChI is InChI=1S/C6H11N3S/c1-7-6-8-5(4-10-6)9(2)3/h4H,1-3H3,(H,7,8). The van der Waals surface area contributed by atoms with Crippen molar-refractivity contribution in [1.82, 2.24) is 4.98 Å². The lowest BCUT2D eigenvalue weighted by atomic mass is 10.7. The molecule has 0 aliphatic carbocycles. The fraction of sp³-hybridized carbons (Fsp3) is 0.500. The van der Waals surface area contributed by atoms with Crippen molar-refractivity contribution >= 4 is 22.3 Å². The topological polar surface area (TPSA) is 28.2 Å². The van der Waals surface area contributed by atoms with E-state index in [4.69, 9.17) is 0 Å². The van der Waals surface area contributed by atoms with Crippen LogP contribution in [0.4, 0.5) is 10.9 Å². The maximum atomic E-state index is 4.26. The van der Waals surface area contributed by atoms with Gasteiger partial charge in [0.15, 0.2) is 5.13 Å². The molecule has 0 atom stereocenters. The number of rotatable bonds is 2. The smallest absolute Gasteiger partial charge is 0.184 e.